The number of hydrogen-bond acceptors (Lipinski definition) is 9. The first-order valence-corrected chi connectivity index (χ1v) is 9.96. The molecule has 1 aliphatic heterocycles. The summed E-state index contributed by atoms with van der Waals surface area (Å²) in [5, 5.41) is 21.2. The minimum atomic E-state index is -1.70. The van der Waals surface area contributed by atoms with E-state index in [0.29, 0.717) is 0 Å². The van der Waals surface area contributed by atoms with Crippen molar-refractivity contribution < 1.29 is 43.5 Å². The summed E-state index contributed by atoms with van der Waals surface area (Å²) in [4.78, 5) is 36.8. The lowest BCUT2D eigenvalue weighted by molar-refractivity contribution is -0.297. The van der Waals surface area contributed by atoms with Gasteiger partial charge >= 0.3 is 17.9 Å². The third-order valence-electron chi connectivity index (χ3n) is 4.34. The molecule has 30 heavy (non-hydrogen) atoms. The van der Waals surface area contributed by atoms with E-state index in [2.05, 4.69) is 0 Å². The quantitative estimate of drug-likeness (QED) is 0.502. The molecule has 0 saturated carbocycles. The van der Waals surface area contributed by atoms with E-state index in [1.807, 2.05) is 0 Å². The number of rotatable bonds is 4. The molecular formula is C21H36O9. The van der Waals surface area contributed by atoms with Crippen LogP contribution in [-0.2, 0) is 33.3 Å². The van der Waals surface area contributed by atoms with Crippen LogP contribution >= 0.6 is 0 Å². The fraction of sp³-hybridized carbons (Fsp3) is 0.857. The molecule has 174 valence electrons. The summed E-state index contributed by atoms with van der Waals surface area (Å²) in [7, 11) is 0. The molecule has 0 amide bonds. The minimum Gasteiger partial charge on any atom is -0.462 e. The van der Waals surface area contributed by atoms with Gasteiger partial charge in [0, 0.05) is 0 Å². The van der Waals surface area contributed by atoms with Gasteiger partial charge in [-0.2, -0.15) is 0 Å². The Labute approximate surface area is 178 Å². The molecule has 0 spiro atoms. The van der Waals surface area contributed by atoms with Gasteiger partial charge in [-0.15, -0.1) is 0 Å². The molecule has 0 radical (unpaired) electrons. The van der Waals surface area contributed by atoms with Crippen LogP contribution in [0.15, 0.2) is 0 Å². The first kappa shape index (κ1) is 26.3. The molecule has 1 fully saturated rings. The van der Waals surface area contributed by atoms with E-state index in [0.717, 1.165) is 0 Å². The molecule has 1 rings (SSSR count). The number of ether oxygens (including phenoxy) is 4. The van der Waals surface area contributed by atoms with Gasteiger partial charge < -0.3 is 29.2 Å². The van der Waals surface area contributed by atoms with Gasteiger partial charge in [0.1, 0.15) is 18.8 Å². The van der Waals surface area contributed by atoms with Crippen LogP contribution < -0.4 is 0 Å². The fourth-order valence-electron chi connectivity index (χ4n) is 2.28. The Bertz CT molecular complexity index is 636. The number of aliphatic hydroxyl groups excluding tert-OH is 2. The lowest BCUT2D eigenvalue weighted by Crippen LogP contribution is -2.62. The molecule has 0 aromatic rings. The zero-order valence-electron chi connectivity index (χ0n) is 19.3. The largest absolute Gasteiger partial charge is 0.462 e. The molecule has 0 aromatic carbocycles. The Morgan fingerprint density at radius 3 is 1.53 bits per heavy atom. The summed E-state index contributed by atoms with van der Waals surface area (Å²) < 4.78 is 21.3. The second-order valence-corrected chi connectivity index (χ2v) is 10.6. The van der Waals surface area contributed by atoms with Crippen LogP contribution in [0, 0.1) is 16.2 Å². The van der Waals surface area contributed by atoms with Gasteiger partial charge in [0.2, 0.25) is 0 Å². The second kappa shape index (κ2) is 9.20. The summed E-state index contributed by atoms with van der Waals surface area (Å²) >= 11 is 0. The predicted molar refractivity (Wildman–Crippen MR) is 106 cm³/mol. The van der Waals surface area contributed by atoms with E-state index in [1.165, 1.54) is 0 Å². The maximum atomic E-state index is 12.4. The highest BCUT2D eigenvalue weighted by Gasteiger charge is 2.51. The maximum Gasteiger partial charge on any atom is 0.311 e. The number of esters is 3. The molecule has 0 aromatic heterocycles. The Balaban J connectivity index is 3.09. The fourth-order valence-corrected chi connectivity index (χ4v) is 2.28. The lowest BCUT2D eigenvalue weighted by atomic mass is 9.94. The average molecular weight is 433 g/mol. The smallest absolute Gasteiger partial charge is 0.311 e. The van der Waals surface area contributed by atoms with Crippen LogP contribution in [0.2, 0.25) is 0 Å². The van der Waals surface area contributed by atoms with Crippen LogP contribution in [0.3, 0.4) is 0 Å². The van der Waals surface area contributed by atoms with Crippen LogP contribution in [0.4, 0.5) is 0 Å². The average Bonchev–Trinajstić information content (AvgIpc) is 2.56. The molecule has 1 heterocycles. The zero-order chi connectivity index (χ0) is 23.7. The Kier molecular flexibility index (Phi) is 8.07. The van der Waals surface area contributed by atoms with Crippen molar-refractivity contribution in [3.63, 3.8) is 0 Å². The van der Waals surface area contributed by atoms with Gasteiger partial charge in [-0.25, -0.2) is 0 Å². The highest BCUT2D eigenvalue weighted by Crippen LogP contribution is 2.30. The standard InChI is InChI=1S/C21H36O9/c1-19(2,3)16(24)27-10-11-12(22)13(29-17(25)20(4,5)6)14(15(23)28-11)30-18(26)21(7,8)9/h11-15,22-23H,10H2,1-9H3/t11-,12-,13+,14+,15+/m1/s1. The molecule has 1 aliphatic rings. The van der Waals surface area contributed by atoms with E-state index in [1.54, 1.807) is 62.3 Å². The van der Waals surface area contributed by atoms with Crippen molar-refractivity contribution in [2.24, 2.45) is 16.2 Å². The highest BCUT2D eigenvalue weighted by atomic mass is 16.7. The van der Waals surface area contributed by atoms with Gasteiger partial charge in [0.25, 0.3) is 0 Å². The zero-order valence-corrected chi connectivity index (χ0v) is 19.3. The molecule has 0 aliphatic carbocycles. The Morgan fingerprint density at radius 1 is 0.733 bits per heavy atom. The molecular weight excluding hydrogens is 396 g/mol. The van der Waals surface area contributed by atoms with Crippen molar-refractivity contribution in [1.29, 1.82) is 0 Å². The summed E-state index contributed by atoms with van der Waals surface area (Å²) in [6.07, 6.45) is -7.26. The lowest BCUT2D eigenvalue weighted by Gasteiger charge is -2.42. The minimum absolute atomic E-state index is 0.377. The van der Waals surface area contributed by atoms with Crippen LogP contribution in [0.1, 0.15) is 62.3 Å². The van der Waals surface area contributed by atoms with Crippen molar-refractivity contribution in [2.75, 3.05) is 6.61 Å². The topological polar surface area (TPSA) is 129 Å². The normalized spacial score (nSPS) is 27.9. The molecule has 0 bridgehead atoms. The van der Waals surface area contributed by atoms with Crippen molar-refractivity contribution in [3.05, 3.63) is 0 Å². The van der Waals surface area contributed by atoms with Crippen LogP contribution in [0.5, 0.6) is 0 Å². The first-order chi connectivity index (χ1) is 13.4. The van der Waals surface area contributed by atoms with Crippen molar-refractivity contribution in [2.45, 2.75) is 93.0 Å². The van der Waals surface area contributed by atoms with Crippen LogP contribution in [0.25, 0.3) is 0 Å². The van der Waals surface area contributed by atoms with E-state index in [-0.39, 0.29) is 6.61 Å². The van der Waals surface area contributed by atoms with Crippen molar-refractivity contribution in [1.82, 2.24) is 0 Å². The van der Waals surface area contributed by atoms with E-state index in [4.69, 9.17) is 18.9 Å². The third-order valence-corrected chi connectivity index (χ3v) is 4.34. The van der Waals surface area contributed by atoms with Crippen molar-refractivity contribution in [3.8, 4) is 0 Å². The third kappa shape index (κ3) is 6.92. The number of hydrogen-bond donors (Lipinski definition) is 2. The molecule has 5 atom stereocenters. The van der Waals surface area contributed by atoms with Crippen molar-refractivity contribution >= 4 is 17.9 Å². The number of carbonyl (C=O) groups is 3. The van der Waals surface area contributed by atoms with Gasteiger partial charge in [-0.05, 0) is 62.3 Å². The molecule has 9 heteroatoms. The summed E-state index contributed by atoms with van der Waals surface area (Å²) in [6.45, 7) is 14.3. The summed E-state index contributed by atoms with van der Waals surface area (Å²) in [5.41, 5.74) is -2.58. The molecule has 2 N–H and O–H groups in total. The monoisotopic (exact) mass is 432 g/mol. The predicted octanol–water partition coefficient (Wildman–Crippen LogP) is 1.57. The number of carbonyl (C=O) groups excluding carboxylic acids is 3. The van der Waals surface area contributed by atoms with Gasteiger partial charge in [0.15, 0.2) is 18.5 Å². The molecule has 1 saturated heterocycles. The Hall–Kier alpha value is -1.71. The van der Waals surface area contributed by atoms with Gasteiger partial charge in [0.05, 0.1) is 16.2 Å². The van der Waals surface area contributed by atoms with Gasteiger partial charge in [-0.1, -0.05) is 0 Å². The van der Waals surface area contributed by atoms with Crippen LogP contribution in [-0.4, -0.2) is 65.4 Å². The Morgan fingerprint density at radius 2 is 1.13 bits per heavy atom. The molecule has 0 unspecified atom stereocenters. The SMILES string of the molecule is CC(C)(C)C(=O)OC[C@H]1O[C@H](O)[C@@H](OC(=O)C(C)(C)C)[C@@H](OC(=O)C(C)(C)C)[C@@H]1O. The number of aliphatic hydroxyl groups is 2. The highest BCUT2D eigenvalue weighted by molar-refractivity contribution is 5.77. The molecule has 9 nitrogen and oxygen atoms in total. The van der Waals surface area contributed by atoms with E-state index in [9.17, 15) is 24.6 Å². The summed E-state index contributed by atoms with van der Waals surface area (Å²) in [6, 6.07) is 0. The summed E-state index contributed by atoms with van der Waals surface area (Å²) in [5.74, 6) is -1.86. The van der Waals surface area contributed by atoms with E-state index >= 15 is 0 Å². The van der Waals surface area contributed by atoms with Gasteiger partial charge in [-0.3, -0.25) is 14.4 Å². The maximum absolute atomic E-state index is 12.4. The first-order valence-electron chi connectivity index (χ1n) is 9.96. The van der Waals surface area contributed by atoms with E-state index < -0.39 is 64.9 Å². The second-order valence-electron chi connectivity index (χ2n) is 10.6.